The number of ether oxygens (including phenoxy) is 1. The lowest BCUT2D eigenvalue weighted by Crippen LogP contribution is -2.16. The molecule has 0 saturated heterocycles. The molecule has 0 unspecified atom stereocenters. The van der Waals surface area contributed by atoms with Crippen molar-refractivity contribution in [2.75, 3.05) is 17.1 Å². The maximum atomic E-state index is 12.6. The Hall–Kier alpha value is -2.54. The molecule has 7 heteroatoms. The quantitative estimate of drug-likeness (QED) is 0.870. The van der Waals surface area contributed by atoms with E-state index in [1.54, 1.807) is 30.3 Å². The highest BCUT2D eigenvalue weighted by molar-refractivity contribution is 7.92. The molecule has 0 aliphatic heterocycles. The van der Waals surface area contributed by atoms with E-state index in [0.29, 0.717) is 11.4 Å². The van der Waals surface area contributed by atoms with Crippen LogP contribution in [-0.4, -0.2) is 21.4 Å². The Kier molecular flexibility index (Phi) is 5.14. The van der Waals surface area contributed by atoms with Crippen LogP contribution in [0.4, 0.5) is 11.4 Å². The average Bonchev–Trinajstić information content (AvgIpc) is 2.50. The van der Waals surface area contributed by atoms with E-state index in [4.69, 9.17) is 4.74 Å². The van der Waals surface area contributed by atoms with Gasteiger partial charge in [0.2, 0.25) is 5.91 Å². The first kappa shape index (κ1) is 17.8. The van der Waals surface area contributed by atoms with Crippen LogP contribution in [0.5, 0.6) is 5.75 Å². The van der Waals surface area contributed by atoms with E-state index < -0.39 is 10.0 Å². The number of aryl methyl sites for hydroxylation is 2. The van der Waals surface area contributed by atoms with Gasteiger partial charge >= 0.3 is 0 Å². The van der Waals surface area contributed by atoms with Gasteiger partial charge in [0.25, 0.3) is 10.0 Å². The third-order valence-electron chi connectivity index (χ3n) is 3.57. The van der Waals surface area contributed by atoms with Gasteiger partial charge in [0.15, 0.2) is 0 Å². The molecule has 0 spiro atoms. The Labute approximate surface area is 141 Å². The highest BCUT2D eigenvalue weighted by atomic mass is 32.2. The third kappa shape index (κ3) is 4.05. The smallest absolute Gasteiger partial charge is 0.261 e. The van der Waals surface area contributed by atoms with E-state index in [1.807, 2.05) is 13.8 Å². The summed E-state index contributed by atoms with van der Waals surface area (Å²) in [7, 11) is -2.31. The zero-order valence-electron chi connectivity index (χ0n) is 14.0. The van der Waals surface area contributed by atoms with Crippen LogP contribution in [0.15, 0.2) is 41.3 Å². The fraction of sp³-hybridized carbons (Fsp3) is 0.235. The van der Waals surface area contributed by atoms with E-state index in [2.05, 4.69) is 10.0 Å². The zero-order chi connectivity index (χ0) is 17.9. The number of amides is 1. The van der Waals surface area contributed by atoms with Crippen molar-refractivity contribution in [3.05, 3.63) is 47.5 Å². The average molecular weight is 348 g/mol. The predicted molar refractivity (Wildman–Crippen MR) is 94.0 cm³/mol. The number of nitrogens with one attached hydrogen (secondary N) is 2. The minimum atomic E-state index is -3.79. The lowest BCUT2D eigenvalue weighted by molar-refractivity contribution is -0.114. The largest absolute Gasteiger partial charge is 0.497 e. The SMILES string of the molecule is COc1ccc(NC(C)=O)c(NS(=O)(=O)c2ccc(C)c(C)c2)c1. The summed E-state index contributed by atoms with van der Waals surface area (Å²) in [6.45, 7) is 5.12. The number of carbonyl (C=O) groups is 1. The van der Waals surface area contributed by atoms with Gasteiger partial charge in [-0.1, -0.05) is 6.07 Å². The Morgan fingerprint density at radius 3 is 2.29 bits per heavy atom. The summed E-state index contributed by atoms with van der Waals surface area (Å²) in [6, 6.07) is 9.64. The number of anilines is 2. The van der Waals surface area contributed by atoms with E-state index in [9.17, 15) is 13.2 Å². The van der Waals surface area contributed by atoms with E-state index in [1.165, 1.54) is 20.1 Å². The summed E-state index contributed by atoms with van der Waals surface area (Å²) < 4.78 is 32.9. The van der Waals surface area contributed by atoms with Gasteiger partial charge in [0, 0.05) is 13.0 Å². The molecule has 0 radical (unpaired) electrons. The van der Waals surface area contributed by atoms with E-state index in [0.717, 1.165) is 11.1 Å². The number of sulfonamides is 1. The van der Waals surface area contributed by atoms with Crippen LogP contribution in [0.25, 0.3) is 0 Å². The summed E-state index contributed by atoms with van der Waals surface area (Å²) in [6.07, 6.45) is 0. The monoisotopic (exact) mass is 348 g/mol. The molecular weight excluding hydrogens is 328 g/mol. The molecule has 2 rings (SSSR count). The van der Waals surface area contributed by atoms with E-state index in [-0.39, 0.29) is 16.5 Å². The molecule has 0 bridgehead atoms. The molecule has 0 atom stereocenters. The molecule has 0 aliphatic rings. The van der Waals surface area contributed by atoms with Gasteiger partial charge in [-0.15, -0.1) is 0 Å². The second kappa shape index (κ2) is 6.92. The van der Waals surface area contributed by atoms with Crippen molar-refractivity contribution in [1.82, 2.24) is 0 Å². The molecule has 1 amide bonds. The van der Waals surface area contributed by atoms with Crippen LogP contribution in [0, 0.1) is 13.8 Å². The number of hydrogen-bond acceptors (Lipinski definition) is 4. The Morgan fingerprint density at radius 2 is 1.71 bits per heavy atom. The predicted octanol–water partition coefficient (Wildman–Crippen LogP) is 3.07. The van der Waals surface area contributed by atoms with Crippen LogP contribution in [0.2, 0.25) is 0 Å². The summed E-state index contributed by atoms with van der Waals surface area (Å²) in [5.41, 5.74) is 2.48. The van der Waals surface area contributed by atoms with Gasteiger partial charge in [-0.3, -0.25) is 9.52 Å². The molecule has 2 aromatic carbocycles. The summed E-state index contributed by atoms with van der Waals surface area (Å²) in [5, 5.41) is 2.60. The summed E-state index contributed by atoms with van der Waals surface area (Å²) >= 11 is 0. The fourth-order valence-electron chi connectivity index (χ4n) is 2.12. The van der Waals surface area contributed by atoms with Crippen molar-refractivity contribution < 1.29 is 17.9 Å². The number of rotatable bonds is 5. The second-order valence-corrected chi connectivity index (χ2v) is 7.13. The van der Waals surface area contributed by atoms with Crippen molar-refractivity contribution >= 4 is 27.3 Å². The minimum absolute atomic E-state index is 0.155. The molecule has 2 N–H and O–H groups in total. The second-order valence-electron chi connectivity index (χ2n) is 5.44. The van der Waals surface area contributed by atoms with Crippen LogP contribution < -0.4 is 14.8 Å². The summed E-state index contributed by atoms with van der Waals surface area (Å²) in [4.78, 5) is 11.5. The number of hydrogen-bond donors (Lipinski definition) is 2. The first-order valence-electron chi connectivity index (χ1n) is 7.28. The molecule has 0 saturated carbocycles. The number of carbonyl (C=O) groups excluding carboxylic acids is 1. The molecular formula is C17H20N2O4S. The molecule has 128 valence electrons. The van der Waals surface area contributed by atoms with Crippen molar-refractivity contribution in [1.29, 1.82) is 0 Å². The molecule has 0 heterocycles. The topological polar surface area (TPSA) is 84.5 Å². The maximum Gasteiger partial charge on any atom is 0.261 e. The number of methoxy groups -OCH3 is 1. The van der Waals surface area contributed by atoms with Gasteiger partial charge in [-0.2, -0.15) is 0 Å². The van der Waals surface area contributed by atoms with Crippen molar-refractivity contribution in [3.63, 3.8) is 0 Å². The highest BCUT2D eigenvalue weighted by Crippen LogP contribution is 2.29. The highest BCUT2D eigenvalue weighted by Gasteiger charge is 2.18. The minimum Gasteiger partial charge on any atom is -0.497 e. The molecule has 6 nitrogen and oxygen atoms in total. The fourth-order valence-corrected chi connectivity index (χ4v) is 3.27. The van der Waals surface area contributed by atoms with Gasteiger partial charge in [0.05, 0.1) is 23.4 Å². The van der Waals surface area contributed by atoms with Crippen molar-refractivity contribution in [2.24, 2.45) is 0 Å². The maximum absolute atomic E-state index is 12.6. The van der Waals surface area contributed by atoms with E-state index >= 15 is 0 Å². The van der Waals surface area contributed by atoms with Crippen LogP contribution in [-0.2, 0) is 14.8 Å². The summed E-state index contributed by atoms with van der Waals surface area (Å²) in [5.74, 6) is 0.175. The van der Waals surface area contributed by atoms with Gasteiger partial charge in [-0.05, 0) is 49.2 Å². The van der Waals surface area contributed by atoms with Crippen LogP contribution in [0.3, 0.4) is 0 Å². The third-order valence-corrected chi connectivity index (χ3v) is 4.93. The lowest BCUT2D eigenvalue weighted by Gasteiger charge is -2.15. The Morgan fingerprint density at radius 1 is 1.00 bits per heavy atom. The zero-order valence-corrected chi connectivity index (χ0v) is 14.8. The van der Waals surface area contributed by atoms with Crippen LogP contribution in [0.1, 0.15) is 18.1 Å². The van der Waals surface area contributed by atoms with Crippen molar-refractivity contribution in [2.45, 2.75) is 25.7 Å². The lowest BCUT2D eigenvalue weighted by atomic mass is 10.1. The molecule has 2 aromatic rings. The van der Waals surface area contributed by atoms with Crippen molar-refractivity contribution in [3.8, 4) is 5.75 Å². The van der Waals surface area contributed by atoms with Crippen LogP contribution >= 0.6 is 0 Å². The molecule has 0 fully saturated rings. The number of benzene rings is 2. The first-order valence-corrected chi connectivity index (χ1v) is 8.77. The van der Waals surface area contributed by atoms with Gasteiger partial charge in [0.1, 0.15) is 5.75 Å². The molecule has 0 aromatic heterocycles. The van der Waals surface area contributed by atoms with Gasteiger partial charge < -0.3 is 10.1 Å². The standard InChI is InChI=1S/C17H20N2O4S/c1-11-5-7-15(9-12(11)2)24(21,22)19-17-10-14(23-4)6-8-16(17)18-13(3)20/h5-10,19H,1-4H3,(H,18,20). The van der Waals surface area contributed by atoms with Gasteiger partial charge in [-0.25, -0.2) is 8.42 Å². The molecule has 24 heavy (non-hydrogen) atoms. The normalized spacial score (nSPS) is 11.0. The first-order chi connectivity index (χ1) is 11.2. The Bertz CT molecular complexity index is 876. The Balaban J connectivity index is 2.43. The molecule has 0 aliphatic carbocycles.